The van der Waals surface area contributed by atoms with Crippen LogP contribution in [-0.4, -0.2) is 89.8 Å². The molecule has 0 saturated carbocycles. The van der Waals surface area contributed by atoms with Gasteiger partial charge in [-0.05, 0) is 13.5 Å². The average molecular weight is 285 g/mol. The highest BCUT2D eigenvalue weighted by molar-refractivity contribution is 5.76. The predicted octanol–water partition coefficient (Wildman–Crippen LogP) is -0.0806. The number of hydrogen-bond acceptors (Lipinski definition) is 4. The number of hydrogen-bond donors (Lipinski definition) is 1. The molecule has 0 unspecified atom stereocenters. The molecule has 2 rings (SSSR count). The molecule has 20 heavy (non-hydrogen) atoms. The zero-order chi connectivity index (χ0) is 14.8. The molecular formula is C13H23N3O4. The number of carbonyl (C=O) groups is 2. The third-order valence-corrected chi connectivity index (χ3v) is 3.96. The van der Waals surface area contributed by atoms with E-state index in [1.54, 1.807) is 4.90 Å². The summed E-state index contributed by atoms with van der Waals surface area (Å²) in [6.07, 6.45) is 0. The number of aliphatic carboxylic acids is 1. The second-order valence-electron chi connectivity index (χ2n) is 5.69. The van der Waals surface area contributed by atoms with Crippen LogP contribution >= 0.6 is 0 Å². The number of rotatable bonds is 4. The zero-order valence-electron chi connectivity index (χ0n) is 12.2. The maximum absolute atomic E-state index is 12.3. The molecule has 0 aromatic rings. The summed E-state index contributed by atoms with van der Waals surface area (Å²) < 4.78 is 5.31. The van der Waals surface area contributed by atoms with Crippen molar-refractivity contribution in [1.29, 1.82) is 0 Å². The monoisotopic (exact) mass is 285 g/mol. The van der Waals surface area contributed by atoms with Gasteiger partial charge in [0.25, 0.3) is 0 Å². The summed E-state index contributed by atoms with van der Waals surface area (Å²) >= 11 is 0. The van der Waals surface area contributed by atoms with Gasteiger partial charge < -0.3 is 24.5 Å². The number of carboxylic acid groups (broad SMARTS) is 1. The Morgan fingerprint density at radius 1 is 1.15 bits per heavy atom. The van der Waals surface area contributed by atoms with Crippen molar-refractivity contribution in [3.05, 3.63) is 0 Å². The molecule has 0 atom stereocenters. The smallest absolute Gasteiger partial charge is 0.329 e. The molecular weight excluding hydrogens is 262 g/mol. The molecule has 0 bridgehead atoms. The van der Waals surface area contributed by atoms with Crippen molar-refractivity contribution >= 4 is 12.0 Å². The lowest BCUT2D eigenvalue weighted by molar-refractivity contribution is -0.160. The Morgan fingerprint density at radius 2 is 1.75 bits per heavy atom. The minimum absolute atomic E-state index is 0.0390. The number of carbonyl (C=O) groups excluding carboxylic acids is 1. The number of nitrogens with zero attached hydrogens (tertiary/aromatic N) is 3. The molecule has 2 aliphatic heterocycles. The Labute approximate surface area is 119 Å². The second-order valence-corrected chi connectivity index (χ2v) is 5.69. The molecule has 2 saturated heterocycles. The minimum atomic E-state index is -0.980. The van der Waals surface area contributed by atoms with E-state index in [9.17, 15) is 9.59 Å². The van der Waals surface area contributed by atoms with E-state index in [-0.39, 0.29) is 12.6 Å². The van der Waals surface area contributed by atoms with E-state index >= 15 is 0 Å². The number of amides is 2. The molecule has 0 radical (unpaired) electrons. The first-order valence-electron chi connectivity index (χ1n) is 7.05. The van der Waals surface area contributed by atoms with Crippen molar-refractivity contribution in [2.75, 3.05) is 52.4 Å². The van der Waals surface area contributed by atoms with Crippen LogP contribution < -0.4 is 0 Å². The van der Waals surface area contributed by atoms with Crippen molar-refractivity contribution < 1.29 is 19.4 Å². The number of piperazine rings is 1. The van der Waals surface area contributed by atoms with E-state index in [1.807, 2.05) is 11.8 Å². The lowest BCUT2D eigenvalue weighted by Crippen LogP contribution is -2.66. The molecule has 1 N–H and O–H groups in total. The Morgan fingerprint density at radius 3 is 2.25 bits per heavy atom. The molecule has 0 aliphatic carbocycles. The molecule has 7 heteroatoms. The highest BCUT2D eigenvalue weighted by Gasteiger charge is 2.44. The van der Waals surface area contributed by atoms with Crippen LogP contribution in [0.2, 0.25) is 0 Å². The fourth-order valence-corrected chi connectivity index (χ4v) is 2.68. The van der Waals surface area contributed by atoms with Gasteiger partial charge in [-0.15, -0.1) is 0 Å². The highest BCUT2D eigenvalue weighted by Crippen LogP contribution is 2.26. The van der Waals surface area contributed by atoms with Crippen LogP contribution in [0.15, 0.2) is 0 Å². The Kier molecular flexibility index (Phi) is 4.49. The first-order chi connectivity index (χ1) is 9.43. The largest absolute Gasteiger partial charge is 0.480 e. The van der Waals surface area contributed by atoms with Crippen LogP contribution in [0.3, 0.4) is 0 Å². The standard InChI is InChI=1S/C13H23N3O4/c1-3-14-4-6-15(7-5-14)12(19)16-9-13(2,10-16)20-8-11(17)18/h3-10H2,1-2H3,(H,17,18). The number of likely N-dealkylation sites (N-methyl/N-ethyl adjacent to an activating group) is 1. The average Bonchev–Trinajstić information content (AvgIpc) is 2.41. The number of ether oxygens (including phenoxy) is 1. The second kappa shape index (κ2) is 5.97. The van der Waals surface area contributed by atoms with E-state index < -0.39 is 11.6 Å². The first kappa shape index (κ1) is 15.1. The first-order valence-corrected chi connectivity index (χ1v) is 7.05. The lowest BCUT2D eigenvalue weighted by Gasteiger charge is -2.49. The Bertz CT molecular complexity index is 374. The van der Waals surface area contributed by atoms with E-state index in [4.69, 9.17) is 9.84 Å². The van der Waals surface area contributed by atoms with Crippen LogP contribution in [0.5, 0.6) is 0 Å². The van der Waals surface area contributed by atoms with Gasteiger partial charge in [-0.1, -0.05) is 6.92 Å². The van der Waals surface area contributed by atoms with Crippen molar-refractivity contribution in [1.82, 2.24) is 14.7 Å². The van der Waals surface area contributed by atoms with Gasteiger partial charge >= 0.3 is 12.0 Å². The van der Waals surface area contributed by atoms with E-state index in [2.05, 4.69) is 11.8 Å². The van der Waals surface area contributed by atoms with E-state index in [1.165, 1.54) is 0 Å². The summed E-state index contributed by atoms with van der Waals surface area (Å²) in [6.45, 7) is 8.96. The molecule has 7 nitrogen and oxygen atoms in total. The molecule has 2 aliphatic rings. The third-order valence-electron chi connectivity index (χ3n) is 3.96. The number of likely N-dealkylation sites (tertiary alicyclic amines) is 1. The van der Waals surface area contributed by atoms with Crippen LogP contribution in [0.1, 0.15) is 13.8 Å². The fraction of sp³-hybridized carbons (Fsp3) is 0.846. The van der Waals surface area contributed by atoms with Crippen LogP contribution in [0.25, 0.3) is 0 Å². The summed E-state index contributed by atoms with van der Waals surface area (Å²) in [5, 5.41) is 8.61. The predicted molar refractivity (Wildman–Crippen MR) is 72.6 cm³/mol. The lowest BCUT2D eigenvalue weighted by atomic mass is 9.97. The van der Waals surface area contributed by atoms with Crippen LogP contribution in [0.4, 0.5) is 4.79 Å². The normalized spacial score (nSPS) is 22.5. The molecule has 2 heterocycles. The topological polar surface area (TPSA) is 73.3 Å². The van der Waals surface area contributed by atoms with Crippen molar-refractivity contribution in [3.8, 4) is 0 Å². The summed E-state index contributed by atoms with van der Waals surface area (Å²) in [5.41, 5.74) is -0.515. The summed E-state index contributed by atoms with van der Waals surface area (Å²) in [7, 11) is 0. The van der Waals surface area contributed by atoms with E-state index in [0.29, 0.717) is 13.1 Å². The van der Waals surface area contributed by atoms with Crippen LogP contribution in [0, 0.1) is 0 Å². The van der Waals surface area contributed by atoms with Crippen molar-refractivity contribution in [2.24, 2.45) is 0 Å². The van der Waals surface area contributed by atoms with Gasteiger partial charge in [-0.3, -0.25) is 0 Å². The molecule has 114 valence electrons. The Hall–Kier alpha value is -1.34. The Balaban J connectivity index is 1.75. The number of urea groups is 1. The molecule has 0 aromatic carbocycles. The van der Waals surface area contributed by atoms with Gasteiger partial charge in [0.1, 0.15) is 12.2 Å². The summed E-state index contributed by atoms with van der Waals surface area (Å²) in [6, 6.07) is 0.0390. The molecule has 2 fully saturated rings. The molecule has 2 amide bonds. The van der Waals surface area contributed by atoms with Gasteiger partial charge in [-0.25, -0.2) is 9.59 Å². The number of carboxylic acids is 1. The van der Waals surface area contributed by atoms with Crippen molar-refractivity contribution in [3.63, 3.8) is 0 Å². The summed E-state index contributed by atoms with van der Waals surface area (Å²) in [4.78, 5) is 28.7. The van der Waals surface area contributed by atoms with Gasteiger partial charge in [-0.2, -0.15) is 0 Å². The quantitative estimate of drug-likeness (QED) is 0.782. The minimum Gasteiger partial charge on any atom is -0.480 e. The van der Waals surface area contributed by atoms with E-state index in [0.717, 1.165) is 32.7 Å². The fourth-order valence-electron chi connectivity index (χ4n) is 2.68. The van der Waals surface area contributed by atoms with Gasteiger partial charge in [0.15, 0.2) is 0 Å². The molecule has 0 spiro atoms. The van der Waals surface area contributed by atoms with Gasteiger partial charge in [0.2, 0.25) is 0 Å². The SMILES string of the molecule is CCN1CCN(C(=O)N2CC(C)(OCC(=O)O)C2)CC1. The maximum Gasteiger partial charge on any atom is 0.329 e. The van der Waals surface area contributed by atoms with Gasteiger partial charge in [0.05, 0.1) is 13.1 Å². The third kappa shape index (κ3) is 3.40. The highest BCUT2D eigenvalue weighted by atomic mass is 16.5. The maximum atomic E-state index is 12.3. The zero-order valence-corrected chi connectivity index (χ0v) is 12.2. The van der Waals surface area contributed by atoms with Gasteiger partial charge in [0, 0.05) is 26.2 Å². The summed E-state index contributed by atoms with van der Waals surface area (Å²) in [5.74, 6) is -0.980. The molecule has 0 aromatic heterocycles. The van der Waals surface area contributed by atoms with Crippen molar-refractivity contribution in [2.45, 2.75) is 19.4 Å². The van der Waals surface area contributed by atoms with Crippen LogP contribution in [-0.2, 0) is 9.53 Å².